The molecule has 0 aliphatic heterocycles. The molecule has 0 amide bonds. The third kappa shape index (κ3) is 4.39. The van der Waals surface area contributed by atoms with Crippen molar-refractivity contribution in [2.45, 2.75) is 39.7 Å². The maximum absolute atomic E-state index is 8.99. The van der Waals surface area contributed by atoms with E-state index in [0.29, 0.717) is 6.04 Å². The largest absolute Gasteiger partial charge is 0.392 e. The van der Waals surface area contributed by atoms with Crippen LogP contribution in [0.3, 0.4) is 0 Å². The third-order valence-corrected chi connectivity index (χ3v) is 1.97. The van der Waals surface area contributed by atoms with Crippen LogP contribution in [0.25, 0.3) is 0 Å². The fourth-order valence-corrected chi connectivity index (χ4v) is 0.943. The van der Waals surface area contributed by atoms with E-state index in [1.54, 1.807) is 0 Å². The molecule has 72 valence electrons. The first-order chi connectivity index (χ1) is 5.61. The highest BCUT2D eigenvalue weighted by atomic mass is 16.3. The monoisotopic (exact) mass is 171 g/mol. The molecule has 0 spiro atoms. The maximum Gasteiger partial charge on any atom is 0.0658 e. The zero-order valence-electron chi connectivity index (χ0n) is 8.67. The van der Waals surface area contributed by atoms with E-state index in [-0.39, 0.29) is 6.61 Å². The van der Waals surface area contributed by atoms with Crippen molar-refractivity contribution < 1.29 is 5.11 Å². The lowest BCUT2D eigenvalue weighted by atomic mass is 10.2. The predicted octanol–water partition coefficient (Wildman–Crippen LogP) is 2.00. The molecule has 0 atom stereocenters. The van der Waals surface area contributed by atoms with Gasteiger partial charge in [0.2, 0.25) is 0 Å². The molecule has 1 N–H and O–H groups in total. The topological polar surface area (TPSA) is 23.5 Å². The Morgan fingerprint density at radius 3 is 2.42 bits per heavy atom. The Hall–Kier alpha value is -0.500. The van der Waals surface area contributed by atoms with Gasteiger partial charge in [-0.15, -0.1) is 0 Å². The maximum atomic E-state index is 8.99. The zero-order valence-corrected chi connectivity index (χ0v) is 8.67. The second kappa shape index (κ2) is 6.06. The van der Waals surface area contributed by atoms with Crippen LogP contribution in [0.15, 0.2) is 11.8 Å². The number of aliphatic hydroxyl groups excluding tert-OH is 1. The van der Waals surface area contributed by atoms with Crippen molar-refractivity contribution in [1.82, 2.24) is 4.90 Å². The Labute approximate surface area is 75.9 Å². The van der Waals surface area contributed by atoms with Gasteiger partial charge in [-0.25, -0.2) is 0 Å². The number of rotatable bonds is 5. The Kier molecular flexibility index (Phi) is 5.81. The van der Waals surface area contributed by atoms with Gasteiger partial charge in [0.15, 0.2) is 0 Å². The van der Waals surface area contributed by atoms with Gasteiger partial charge in [-0.1, -0.05) is 13.3 Å². The first-order valence-electron chi connectivity index (χ1n) is 4.64. The van der Waals surface area contributed by atoms with Gasteiger partial charge in [0, 0.05) is 19.3 Å². The van der Waals surface area contributed by atoms with E-state index in [9.17, 15) is 0 Å². The van der Waals surface area contributed by atoms with Gasteiger partial charge in [-0.3, -0.25) is 0 Å². The summed E-state index contributed by atoms with van der Waals surface area (Å²) in [5.74, 6) is 0. The van der Waals surface area contributed by atoms with Crippen molar-refractivity contribution in [1.29, 1.82) is 0 Å². The summed E-state index contributed by atoms with van der Waals surface area (Å²) in [6, 6.07) is 0.503. The van der Waals surface area contributed by atoms with E-state index in [1.807, 2.05) is 13.2 Å². The summed E-state index contributed by atoms with van der Waals surface area (Å²) < 4.78 is 0. The molecule has 0 fully saturated rings. The minimum Gasteiger partial charge on any atom is -0.392 e. The van der Waals surface area contributed by atoms with Crippen molar-refractivity contribution in [3.63, 3.8) is 0 Å². The summed E-state index contributed by atoms with van der Waals surface area (Å²) in [6.07, 6.45) is 4.14. The summed E-state index contributed by atoms with van der Waals surface area (Å²) in [6.45, 7) is 6.58. The normalized spacial score (nSPS) is 12.3. The highest BCUT2D eigenvalue weighted by Crippen LogP contribution is 2.06. The van der Waals surface area contributed by atoms with Crippen molar-refractivity contribution in [3.8, 4) is 0 Å². The molecule has 0 radical (unpaired) electrons. The van der Waals surface area contributed by atoms with Gasteiger partial charge >= 0.3 is 0 Å². The molecule has 0 aromatic heterocycles. The first-order valence-corrected chi connectivity index (χ1v) is 4.64. The number of hydrogen-bond acceptors (Lipinski definition) is 2. The van der Waals surface area contributed by atoms with E-state index in [2.05, 4.69) is 25.7 Å². The molecule has 0 unspecified atom stereocenters. The second-order valence-corrected chi connectivity index (χ2v) is 3.45. The van der Waals surface area contributed by atoms with Gasteiger partial charge in [-0.2, -0.15) is 0 Å². The van der Waals surface area contributed by atoms with Crippen LogP contribution >= 0.6 is 0 Å². The molecule has 0 aromatic carbocycles. The SMILES string of the molecule is CCC/C(=C\N(C)C(C)C)CO. The van der Waals surface area contributed by atoms with E-state index >= 15 is 0 Å². The van der Waals surface area contributed by atoms with Gasteiger partial charge in [-0.05, 0) is 25.8 Å². The Morgan fingerprint density at radius 2 is 2.08 bits per heavy atom. The minimum absolute atomic E-state index is 0.185. The second-order valence-electron chi connectivity index (χ2n) is 3.45. The van der Waals surface area contributed by atoms with Crippen LogP contribution in [0.4, 0.5) is 0 Å². The molecule has 2 nitrogen and oxygen atoms in total. The van der Waals surface area contributed by atoms with Crippen molar-refractivity contribution in [2.75, 3.05) is 13.7 Å². The summed E-state index contributed by atoms with van der Waals surface area (Å²) in [5, 5.41) is 8.99. The first kappa shape index (κ1) is 11.5. The fraction of sp³-hybridized carbons (Fsp3) is 0.800. The quantitative estimate of drug-likeness (QED) is 0.684. The molecule has 12 heavy (non-hydrogen) atoms. The van der Waals surface area contributed by atoms with Crippen LogP contribution < -0.4 is 0 Å². The highest BCUT2D eigenvalue weighted by molar-refractivity contribution is 5.01. The van der Waals surface area contributed by atoms with Gasteiger partial charge in [0.1, 0.15) is 0 Å². The number of aliphatic hydroxyl groups is 1. The smallest absolute Gasteiger partial charge is 0.0658 e. The molecular weight excluding hydrogens is 150 g/mol. The van der Waals surface area contributed by atoms with Crippen LogP contribution in [0.2, 0.25) is 0 Å². The van der Waals surface area contributed by atoms with Crippen molar-refractivity contribution in [2.24, 2.45) is 0 Å². The molecule has 0 aliphatic carbocycles. The molecule has 0 bridgehead atoms. The lowest BCUT2D eigenvalue weighted by molar-refractivity contribution is 0.313. The number of hydrogen-bond donors (Lipinski definition) is 1. The van der Waals surface area contributed by atoms with Gasteiger partial charge in [0.05, 0.1) is 6.61 Å². The fourth-order valence-electron chi connectivity index (χ4n) is 0.943. The van der Waals surface area contributed by atoms with Gasteiger partial charge < -0.3 is 10.0 Å². The lowest BCUT2D eigenvalue weighted by Gasteiger charge is -2.20. The average molecular weight is 171 g/mol. The average Bonchev–Trinajstić information content (AvgIpc) is 2.03. The molecule has 0 heterocycles. The van der Waals surface area contributed by atoms with Crippen molar-refractivity contribution in [3.05, 3.63) is 11.8 Å². The predicted molar refractivity (Wildman–Crippen MR) is 53.0 cm³/mol. The van der Waals surface area contributed by atoms with E-state index < -0.39 is 0 Å². The Morgan fingerprint density at radius 1 is 1.50 bits per heavy atom. The highest BCUT2D eigenvalue weighted by Gasteiger charge is 2.00. The molecule has 2 heteroatoms. The summed E-state index contributed by atoms with van der Waals surface area (Å²) in [4.78, 5) is 2.13. The third-order valence-electron chi connectivity index (χ3n) is 1.97. The molecule has 0 rings (SSSR count). The number of nitrogens with zero attached hydrogens (tertiary/aromatic N) is 1. The molecule has 0 saturated carbocycles. The van der Waals surface area contributed by atoms with Crippen molar-refractivity contribution >= 4 is 0 Å². The van der Waals surface area contributed by atoms with Crippen LogP contribution in [0.1, 0.15) is 33.6 Å². The van der Waals surface area contributed by atoms with E-state index in [0.717, 1.165) is 18.4 Å². The summed E-state index contributed by atoms with van der Waals surface area (Å²) in [7, 11) is 2.04. The van der Waals surface area contributed by atoms with Crippen LogP contribution in [0, 0.1) is 0 Å². The lowest BCUT2D eigenvalue weighted by Crippen LogP contribution is -2.21. The Balaban J connectivity index is 4.07. The molecule has 0 aliphatic rings. The van der Waals surface area contributed by atoms with E-state index in [1.165, 1.54) is 0 Å². The zero-order chi connectivity index (χ0) is 9.56. The van der Waals surface area contributed by atoms with Gasteiger partial charge in [0.25, 0.3) is 0 Å². The Bertz CT molecular complexity index is 141. The van der Waals surface area contributed by atoms with Crippen LogP contribution in [0.5, 0.6) is 0 Å². The molecular formula is C10H21NO. The summed E-state index contributed by atoms with van der Waals surface area (Å²) >= 11 is 0. The van der Waals surface area contributed by atoms with E-state index in [4.69, 9.17) is 5.11 Å². The molecule has 0 saturated heterocycles. The summed E-state index contributed by atoms with van der Waals surface area (Å²) in [5.41, 5.74) is 1.12. The van der Waals surface area contributed by atoms with Crippen LogP contribution in [-0.4, -0.2) is 29.7 Å². The molecule has 0 aromatic rings. The standard InChI is InChI=1S/C10H21NO/c1-5-6-10(8-12)7-11(4)9(2)3/h7,9,12H,5-6,8H2,1-4H3/b10-7+. The minimum atomic E-state index is 0.185. The van der Waals surface area contributed by atoms with Crippen LogP contribution in [-0.2, 0) is 0 Å².